The van der Waals surface area contributed by atoms with Gasteiger partial charge in [-0.25, -0.2) is 13.1 Å². The maximum Gasteiger partial charge on any atom is 0.253 e. The number of hydrogen-bond donors (Lipinski definition) is 1. The molecule has 0 bridgehead atoms. The van der Waals surface area contributed by atoms with Crippen LogP contribution in [0.25, 0.3) is 0 Å². The third-order valence-electron chi connectivity index (χ3n) is 3.27. The first-order valence-electron chi connectivity index (χ1n) is 7.63. The van der Waals surface area contributed by atoms with Gasteiger partial charge in [0.2, 0.25) is 10.0 Å². The van der Waals surface area contributed by atoms with Crippen LogP contribution in [-0.4, -0.2) is 39.4 Å². The van der Waals surface area contributed by atoms with Crippen molar-refractivity contribution in [1.29, 1.82) is 0 Å². The number of rotatable bonds is 8. The highest BCUT2D eigenvalue weighted by Gasteiger charge is 2.17. The number of benzene rings is 1. The van der Waals surface area contributed by atoms with Gasteiger partial charge in [-0.3, -0.25) is 4.79 Å². The summed E-state index contributed by atoms with van der Waals surface area (Å²) in [6, 6.07) is 6.19. The van der Waals surface area contributed by atoms with Gasteiger partial charge in [0, 0.05) is 25.7 Å². The molecule has 0 fully saturated rings. The highest BCUT2D eigenvalue weighted by molar-refractivity contribution is 7.89. The predicted molar refractivity (Wildman–Crippen MR) is 88.3 cm³/mol. The lowest BCUT2D eigenvalue weighted by atomic mass is 10.2. The van der Waals surface area contributed by atoms with E-state index in [9.17, 15) is 13.2 Å². The molecule has 1 aromatic rings. The molecule has 0 aliphatic carbocycles. The number of carbonyl (C=O) groups is 1. The fourth-order valence-electron chi connectivity index (χ4n) is 1.87. The number of carbonyl (C=O) groups excluding carboxylic acids is 1. The summed E-state index contributed by atoms with van der Waals surface area (Å²) in [5.41, 5.74) is 0.394. The minimum absolute atomic E-state index is 0.128. The first-order chi connectivity index (χ1) is 10.3. The average molecular weight is 326 g/mol. The molecule has 5 nitrogen and oxygen atoms in total. The standard InChI is InChI=1S/C16H26N2O3S/c1-5-6-10-18(4)16(19)14-8-7-9-15(11-14)22(20,21)17-12-13(2)3/h7-9,11,13,17H,5-6,10,12H2,1-4H3. The third kappa shape index (κ3) is 5.42. The summed E-state index contributed by atoms with van der Waals surface area (Å²) in [7, 11) is -1.84. The van der Waals surface area contributed by atoms with E-state index in [0.717, 1.165) is 12.8 Å². The monoisotopic (exact) mass is 326 g/mol. The normalized spacial score (nSPS) is 11.7. The lowest BCUT2D eigenvalue weighted by Crippen LogP contribution is -2.29. The van der Waals surface area contributed by atoms with Crippen LogP contribution in [0.2, 0.25) is 0 Å². The van der Waals surface area contributed by atoms with Crippen LogP contribution < -0.4 is 4.72 Å². The first-order valence-corrected chi connectivity index (χ1v) is 9.11. The summed E-state index contributed by atoms with van der Waals surface area (Å²) in [5, 5.41) is 0. The van der Waals surface area contributed by atoms with Crippen molar-refractivity contribution in [1.82, 2.24) is 9.62 Å². The van der Waals surface area contributed by atoms with Gasteiger partial charge in [-0.15, -0.1) is 0 Å². The van der Waals surface area contributed by atoms with E-state index in [1.165, 1.54) is 12.1 Å². The van der Waals surface area contributed by atoms with E-state index in [4.69, 9.17) is 0 Å². The fourth-order valence-corrected chi connectivity index (χ4v) is 3.13. The van der Waals surface area contributed by atoms with E-state index in [1.807, 2.05) is 13.8 Å². The van der Waals surface area contributed by atoms with E-state index in [-0.39, 0.29) is 16.7 Å². The van der Waals surface area contributed by atoms with E-state index < -0.39 is 10.0 Å². The zero-order valence-electron chi connectivity index (χ0n) is 13.8. The molecule has 0 saturated carbocycles. The minimum atomic E-state index is -3.57. The van der Waals surface area contributed by atoms with E-state index in [2.05, 4.69) is 11.6 Å². The zero-order chi connectivity index (χ0) is 16.8. The lowest BCUT2D eigenvalue weighted by Gasteiger charge is -2.17. The van der Waals surface area contributed by atoms with Gasteiger partial charge in [0.25, 0.3) is 5.91 Å². The SMILES string of the molecule is CCCCN(C)C(=O)c1cccc(S(=O)(=O)NCC(C)C)c1. The van der Waals surface area contributed by atoms with Crippen molar-refractivity contribution in [3.63, 3.8) is 0 Å². The van der Waals surface area contributed by atoms with E-state index in [1.54, 1.807) is 24.1 Å². The summed E-state index contributed by atoms with van der Waals surface area (Å²) in [6.45, 7) is 6.97. The molecule has 124 valence electrons. The summed E-state index contributed by atoms with van der Waals surface area (Å²) >= 11 is 0. The number of unbranched alkanes of at least 4 members (excludes halogenated alkanes) is 1. The van der Waals surface area contributed by atoms with Gasteiger partial charge in [0.05, 0.1) is 4.90 Å². The van der Waals surface area contributed by atoms with Gasteiger partial charge in [0.15, 0.2) is 0 Å². The van der Waals surface area contributed by atoms with Crippen molar-refractivity contribution in [2.75, 3.05) is 20.1 Å². The summed E-state index contributed by atoms with van der Waals surface area (Å²) in [6.07, 6.45) is 1.93. The Kier molecular flexibility index (Phi) is 7.03. The van der Waals surface area contributed by atoms with Gasteiger partial charge in [-0.2, -0.15) is 0 Å². The molecule has 1 aromatic carbocycles. The number of nitrogens with one attached hydrogen (secondary N) is 1. The number of hydrogen-bond acceptors (Lipinski definition) is 3. The van der Waals surface area contributed by atoms with Gasteiger partial charge < -0.3 is 4.90 Å². The van der Waals surface area contributed by atoms with Crippen LogP contribution in [0, 0.1) is 5.92 Å². The van der Waals surface area contributed by atoms with Crippen LogP contribution in [0.1, 0.15) is 44.0 Å². The summed E-state index contributed by atoms with van der Waals surface area (Å²) < 4.78 is 27.0. The zero-order valence-corrected chi connectivity index (χ0v) is 14.6. The van der Waals surface area contributed by atoms with E-state index >= 15 is 0 Å². The summed E-state index contributed by atoms with van der Waals surface area (Å²) in [4.78, 5) is 14.1. The molecule has 22 heavy (non-hydrogen) atoms. The molecule has 1 N–H and O–H groups in total. The minimum Gasteiger partial charge on any atom is -0.342 e. The van der Waals surface area contributed by atoms with Gasteiger partial charge in [-0.05, 0) is 30.5 Å². The van der Waals surface area contributed by atoms with Crippen molar-refractivity contribution >= 4 is 15.9 Å². The Morgan fingerprint density at radius 2 is 2.00 bits per heavy atom. The second kappa shape index (κ2) is 8.29. The molecule has 1 rings (SSSR count). The quantitative estimate of drug-likeness (QED) is 0.798. The molecular weight excluding hydrogens is 300 g/mol. The number of nitrogens with zero attached hydrogens (tertiary/aromatic N) is 1. The van der Waals surface area contributed by atoms with Crippen LogP contribution in [0.5, 0.6) is 0 Å². The molecule has 0 heterocycles. The van der Waals surface area contributed by atoms with Crippen molar-refractivity contribution in [2.24, 2.45) is 5.92 Å². The Labute approximate surface area is 133 Å². The molecule has 0 saturated heterocycles. The van der Waals surface area contributed by atoms with Crippen molar-refractivity contribution in [2.45, 2.75) is 38.5 Å². The Bertz CT molecular complexity index is 597. The molecular formula is C16H26N2O3S. The molecule has 0 aromatic heterocycles. The maximum atomic E-state index is 12.3. The Hall–Kier alpha value is -1.40. The number of amides is 1. The Morgan fingerprint density at radius 1 is 1.32 bits per heavy atom. The van der Waals surface area contributed by atoms with Crippen LogP contribution >= 0.6 is 0 Å². The van der Waals surface area contributed by atoms with Crippen LogP contribution in [0.4, 0.5) is 0 Å². The lowest BCUT2D eigenvalue weighted by molar-refractivity contribution is 0.0793. The average Bonchev–Trinajstić information content (AvgIpc) is 2.50. The van der Waals surface area contributed by atoms with Gasteiger partial charge in [0.1, 0.15) is 0 Å². The molecule has 0 aliphatic heterocycles. The third-order valence-corrected chi connectivity index (χ3v) is 4.69. The summed E-state index contributed by atoms with van der Waals surface area (Å²) in [5.74, 6) is 0.0640. The second-order valence-electron chi connectivity index (χ2n) is 5.85. The Balaban J connectivity index is 2.92. The maximum absolute atomic E-state index is 12.3. The molecule has 0 spiro atoms. The molecule has 1 amide bonds. The van der Waals surface area contributed by atoms with Crippen molar-refractivity contribution in [3.05, 3.63) is 29.8 Å². The molecule has 6 heteroatoms. The highest BCUT2D eigenvalue weighted by atomic mass is 32.2. The van der Waals surface area contributed by atoms with Crippen LogP contribution in [-0.2, 0) is 10.0 Å². The molecule has 0 radical (unpaired) electrons. The van der Waals surface area contributed by atoms with Crippen LogP contribution in [0.15, 0.2) is 29.2 Å². The smallest absolute Gasteiger partial charge is 0.253 e. The Morgan fingerprint density at radius 3 is 2.59 bits per heavy atom. The molecule has 0 aliphatic rings. The van der Waals surface area contributed by atoms with E-state index in [0.29, 0.717) is 18.7 Å². The molecule has 0 atom stereocenters. The van der Waals surface area contributed by atoms with Crippen molar-refractivity contribution < 1.29 is 13.2 Å². The van der Waals surface area contributed by atoms with Crippen molar-refractivity contribution in [3.8, 4) is 0 Å². The van der Waals surface area contributed by atoms with Gasteiger partial charge >= 0.3 is 0 Å². The predicted octanol–water partition coefficient (Wildman–Crippen LogP) is 2.49. The topological polar surface area (TPSA) is 66.5 Å². The fraction of sp³-hybridized carbons (Fsp3) is 0.562. The second-order valence-corrected chi connectivity index (χ2v) is 7.62. The first kappa shape index (κ1) is 18.6. The molecule has 0 unspecified atom stereocenters. The largest absolute Gasteiger partial charge is 0.342 e. The van der Waals surface area contributed by atoms with Gasteiger partial charge in [-0.1, -0.05) is 33.3 Å². The van der Waals surface area contributed by atoms with Crippen LogP contribution in [0.3, 0.4) is 0 Å². The number of sulfonamides is 1. The highest BCUT2D eigenvalue weighted by Crippen LogP contribution is 2.13.